The Hall–Kier alpha value is -2.58. The summed E-state index contributed by atoms with van der Waals surface area (Å²) in [6, 6.07) is 16.9. The third-order valence-corrected chi connectivity index (χ3v) is 5.28. The Morgan fingerprint density at radius 2 is 1.92 bits per heavy atom. The highest BCUT2D eigenvalue weighted by Gasteiger charge is 2.34. The average molecular weight is 349 g/mol. The van der Waals surface area contributed by atoms with E-state index in [2.05, 4.69) is 13.0 Å². The molecule has 25 heavy (non-hydrogen) atoms. The molecule has 1 heterocycles. The number of nitriles is 1. The summed E-state index contributed by atoms with van der Waals surface area (Å²) in [6.45, 7) is 4.12. The number of aryl methyl sites for hydroxylation is 1. The zero-order valence-electron chi connectivity index (χ0n) is 14.3. The highest BCUT2D eigenvalue weighted by molar-refractivity contribution is 8.14. The van der Waals surface area contributed by atoms with Crippen molar-refractivity contribution in [3.8, 4) is 6.07 Å². The van der Waals surface area contributed by atoms with Gasteiger partial charge in [-0.1, -0.05) is 36.4 Å². The van der Waals surface area contributed by atoms with E-state index in [1.807, 2.05) is 31.2 Å². The molecule has 126 valence electrons. The van der Waals surface area contributed by atoms with Crippen molar-refractivity contribution in [1.29, 1.82) is 5.26 Å². The van der Waals surface area contributed by atoms with Crippen molar-refractivity contribution in [2.45, 2.75) is 26.3 Å². The number of thioether (sulfide) groups is 1. The maximum atomic E-state index is 13.0. The van der Waals surface area contributed by atoms with Crippen molar-refractivity contribution in [3.63, 3.8) is 0 Å². The van der Waals surface area contributed by atoms with E-state index < -0.39 is 0 Å². The zero-order valence-corrected chi connectivity index (χ0v) is 15.1. The summed E-state index contributed by atoms with van der Waals surface area (Å²) in [7, 11) is 0. The molecule has 0 radical (unpaired) electrons. The monoisotopic (exact) mass is 349 g/mol. The maximum absolute atomic E-state index is 13.0. The lowest BCUT2D eigenvalue weighted by molar-refractivity contribution is 0.0819. The van der Waals surface area contributed by atoms with Crippen LogP contribution in [0.2, 0.25) is 0 Å². The Kier molecular flexibility index (Phi) is 5.20. The quantitative estimate of drug-likeness (QED) is 0.818. The number of rotatable bonds is 3. The highest BCUT2D eigenvalue weighted by atomic mass is 32.2. The SMILES string of the molecule is CC[C@H]1CSC(=Nc2ccc(C)cc2)N1C(=O)c1ccc(C#N)cc1. The number of hydrogen-bond acceptors (Lipinski definition) is 4. The molecule has 3 rings (SSSR count). The first-order chi connectivity index (χ1) is 12.1. The fourth-order valence-corrected chi connectivity index (χ4v) is 3.93. The van der Waals surface area contributed by atoms with Gasteiger partial charge in [-0.2, -0.15) is 5.26 Å². The second-order valence-corrected chi connectivity index (χ2v) is 6.95. The number of hydrogen-bond donors (Lipinski definition) is 0. The Morgan fingerprint density at radius 1 is 1.24 bits per heavy atom. The standard InChI is InChI=1S/C20H19N3OS/c1-3-18-13-25-20(22-17-10-4-14(2)5-11-17)23(18)19(24)16-8-6-15(12-21)7-9-16/h4-11,18H,3,13H2,1-2H3/t18-/m0/s1. The van der Waals surface area contributed by atoms with E-state index >= 15 is 0 Å². The van der Waals surface area contributed by atoms with Gasteiger partial charge in [-0.25, -0.2) is 4.99 Å². The number of carbonyl (C=O) groups excluding carboxylic acids is 1. The minimum absolute atomic E-state index is 0.0628. The molecule has 1 saturated heterocycles. The molecule has 0 aliphatic carbocycles. The van der Waals surface area contributed by atoms with Crippen molar-refractivity contribution in [2.24, 2.45) is 4.99 Å². The number of nitrogens with zero attached hydrogens (tertiary/aromatic N) is 3. The Balaban J connectivity index is 1.92. The van der Waals surface area contributed by atoms with Crippen LogP contribution in [0.15, 0.2) is 53.5 Å². The summed E-state index contributed by atoms with van der Waals surface area (Å²) in [5.41, 5.74) is 3.16. The first kappa shape index (κ1) is 17.2. The topological polar surface area (TPSA) is 56.5 Å². The Labute approximate surface area is 152 Å². The summed E-state index contributed by atoms with van der Waals surface area (Å²) in [5, 5.41) is 9.66. The summed E-state index contributed by atoms with van der Waals surface area (Å²) in [6.07, 6.45) is 0.877. The average Bonchev–Trinajstić information content (AvgIpc) is 3.05. The number of benzene rings is 2. The largest absolute Gasteiger partial charge is 0.283 e. The number of aliphatic imine (C=N–C) groups is 1. The Bertz CT molecular complexity index is 835. The normalized spacial score (nSPS) is 18.4. The fraction of sp³-hybridized carbons (Fsp3) is 0.250. The van der Waals surface area contributed by atoms with Gasteiger partial charge < -0.3 is 0 Å². The summed E-state index contributed by atoms with van der Waals surface area (Å²) >= 11 is 1.62. The van der Waals surface area contributed by atoms with Crippen LogP contribution in [0.1, 0.15) is 34.8 Å². The summed E-state index contributed by atoms with van der Waals surface area (Å²) in [4.78, 5) is 19.5. The molecular weight excluding hydrogens is 330 g/mol. The van der Waals surface area contributed by atoms with E-state index in [1.165, 1.54) is 5.56 Å². The van der Waals surface area contributed by atoms with E-state index in [0.29, 0.717) is 11.1 Å². The van der Waals surface area contributed by atoms with E-state index in [1.54, 1.807) is 40.9 Å². The van der Waals surface area contributed by atoms with Crippen LogP contribution in [0.25, 0.3) is 0 Å². The van der Waals surface area contributed by atoms with Crippen LogP contribution in [0.3, 0.4) is 0 Å². The van der Waals surface area contributed by atoms with Crippen LogP contribution in [-0.4, -0.2) is 27.8 Å². The van der Waals surface area contributed by atoms with Gasteiger partial charge in [-0.05, 0) is 49.7 Å². The van der Waals surface area contributed by atoms with Gasteiger partial charge in [0.2, 0.25) is 0 Å². The molecule has 0 unspecified atom stereocenters. The predicted octanol–water partition coefficient (Wildman–Crippen LogP) is 4.52. The lowest BCUT2D eigenvalue weighted by Crippen LogP contribution is -2.39. The molecule has 1 atom stereocenters. The first-order valence-electron chi connectivity index (χ1n) is 8.24. The molecule has 5 heteroatoms. The van der Waals surface area contributed by atoms with Gasteiger partial charge in [-0.3, -0.25) is 9.69 Å². The minimum atomic E-state index is -0.0628. The zero-order chi connectivity index (χ0) is 17.8. The van der Waals surface area contributed by atoms with Gasteiger partial charge in [0, 0.05) is 17.4 Å². The van der Waals surface area contributed by atoms with Gasteiger partial charge in [0.15, 0.2) is 5.17 Å². The van der Waals surface area contributed by atoms with Gasteiger partial charge >= 0.3 is 0 Å². The smallest absolute Gasteiger partial charge is 0.260 e. The van der Waals surface area contributed by atoms with Crippen LogP contribution >= 0.6 is 11.8 Å². The van der Waals surface area contributed by atoms with E-state index in [4.69, 9.17) is 10.3 Å². The van der Waals surface area contributed by atoms with Crippen molar-refractivity contribution < 1.29 is 4.79 Å². The molecule has 0 bridgehead atoms. The van der Waals surface area contributed by atoms with Crippen molar-refractivity contribution in [2.75, 3.05) is 5.75 Å². The second-order valence-electron chi connectivity index (χ2n) is 5.97. The van der Waals surface area contributed by atoms with Crippen LogP contribution in [0.5, 0.6) is 0 Å². The molecular formula is C20H19N3OS. The maximum Gasteiger partial charge on any atom is 0.260 e. The van der Waals surface area contributed by atoms with Gasteiger partial charge in [0.25, 0.3) is 5.91 Å². The first-order valence-corrected chi connectivity index (χ1v) is 9.23. The van der Waals surface area contributed by atoms with Crippen molar-refractivity contribution in [3.05, 3.63) is 65.2 Å². The molecule has 1 amide bonds. The molecule has 2 aromatic carbocycles. The molecule has 4 nitrogen and oxygen atoms in total. The van der Waals surface area contributed by atoms with Crippen LogP contribution in [0, 0.1) is 18.3 Å². The van der Waals surface area contributed by atoms with Crippen molar-refractivity contribution in [1.82, 2.24) is 4.90 Å². The molecule has 1 aliphatic heterocycles. The highest BCUT2D eigenvalue weighted by Crippen LogP contribution is 2.30. The third kappa shape index (κ3) is 3.75. The van der Waals surface area contributed by atoms with E-state index in [9.17, 15) is 4.79 Å². The van der Waals surface area contributed by atoms with Crippen LogP contribution < -0.4 is 0 Å². The molecule has 1 fully saturated rings. The van der Waals surface area contributed by atoms with Crippen molar-refractivity contribution >= 4 is 28.5 Å². The van der Waals surface area contributed by atoms with E-state index in [-0.39, 0.29) is 11.9 Å². The second kappa shape index (κ2) is 7.54. The van der Waals surface area contributed by atoms with Crippen LogP contribution in [-0.2, 0) is 0 Å². The third-order valence-electron chi connectivity index (χ3n) is 4.19. The molecule has 0 saturated carbocycles. The molecule has 0 aromatic heterocycles. The van der Waals surface area contributed by atoms with Gasteiger partial charge in [0.1, 0.15) is 0 Å². The number of carbonyl (C=O) groups is 1. The predicted molar refractivity (Wildman–Crippen MR) is 102 cm³/mol. The van der Waals surface area contributed by atoms with E-state index in [0.717, 1.165) is 23.0 Å². The molecule has 2 aromatic rings. The summed E-state index contributed by atoms with van der Waals surface area (Å²) in [5.74, 6) is 0.788. The Morgan fingerprint density at radius 3 is 2.52 bits per heavy atom. The molecule has 0 N–H and O–H groups in total. The summed E-state index contributed by atoms with van der Waals surface area (Å²) < 4.78 is 0. The molecule has 1 aliphatic rings. The van der Waals surface area contributed by atoms with Gasteiger partial charge in [0.05, 0.1) is 17.3 Å². The lowest BCUT2D eigenvalue weighted by atomic mass is 10.1. The van der Waals surface area contributed by atoms with Crippen LogP contribution in [0.4, 0.5) is 5.69 Å². The fourth-order valence-electron chi connectivity index (χ4n) is 2.67. The number of amides is 1. The van der Waals surface area contributed by atoms with Gasteiger partial charge in [-0.15, -0.1) is 0 Å². The number of amidine groups is 1. The molecule has 0 spiro atoms. The lowest BCUT2D eigenvalue weighted by Gasteiger charge is -2.23. The minimum Gasteiger partial charge on any atom is -0.283 e.